The lowest BCUT2D eigenvalue weighted by Crippen LogP contribution is -2.50. The lowest BCUT2D eigenvalue weighted by molar-refractivity contribution is -0.132. The summed E-state index contributed by atoms with van der Waals surface area (Å²) in [6, 6.07) is 7.51. The van der Waals surface area contributed by atoms with Crippen LogP contribution in [0, 0.1) is 0 Å². The van der Waals surface area contributed by atoms with Gasteiger partial charge < -0.3 is 14.4 Å². The highest BCUT2D eigenvalue weighted by atomic mass is 35.5. The lowest BCUT2D eigenvalue weighted by Gasteiger charge is -2.35. The molecule has 0 saturated carbocycles. The number of hydrogen-bond acceptors (Lipinski definition) is 5. The van der Waals surface area contributed by atoms with E-state index in [1.165, 1.54) is 11.8 Å². The predicted octanol–water partition coefficient (Wildman–Crippen LogP) is 2.78. The maximum absolute atomic E-state index is 12.7. The molecule has 1 amide bonds. The van der Waals surface area contributed by atoms with Crippen LogP contribution >= 0.6 is 23.4 Å². The Kier molecular flexibility index (Phi) is 6.21. The normalized spacial score (nSPS) is 16.7. The van der Waals surface area contributed by atoms with Crippen LogP contribution in [0.5, 0.6) is 0 Å². The molecular weight excluding hydrogens is 370 g/mol. The van der Waals surface area contributed by atoms with E-state index in [1.807, 2.05) is 47.7 Å². The first-order valence-electron chi connectivity index (χ1n) is 8.82. The second kappa shape index (κ2) is 8.41. The van der Waals surface area contributed by atoms with Crippen molar-refractivity contribution in [3.8, 4) is 11.4 Å². The highest BCUT2D eigenvalue weighted by Crippen LogP contribution is 2.27. The topological polar surface area (TPSA) is 54.3 Å². The monoisotopic (exact) mass is 393 g/mol. The molecule has 1 aromatic carbocycles. The van der Waals surface area contributed by atoms with Crippen molar-refractivity contribution in [3.05, 3.63) is 29.3 Å². The summed E-state index contributed by atoms with van der Waals surface area (Å²) in [7, 11) is 1.92. The molecule has 140 valence electrons. The van der Waals surface area contributed by atoms with Crippen LogP contribution < -0.4 is 0 Å². The van der Waals surface area contributed by atoms with Gasteiger partial charge in [0, 0.05) is 43.8 Å². The molecule has 0 N–H and O–H groups in total. The van der Waals surface area contributed by atoms with Gasteiger partial charge in [-0.2, -0.15) is 0 Å². The number of nitrogens with zero attached hydrogens (tertiary/aromatic N) is 5. The van der Waals surface area contributed by atoms with E-state index >= 15 is 0 Å². The zero-order valence-corrected chi connectivity index (χ0v) is 16.9. The van der Waals surface area contributed by atoms with Gasteiger partial charge in [0.05, 0.1) is 5.25 Å². The third-order valence-corrected chi connectivity index (χ3v) is 6.07. The molecule has 0 unspecified atom stereocenters. The van der Waals surface area contributed by atoms with E-state index in [1.54, 1.807) is 0 Å². The molecular formula is C18H24ClN5OS. The molecule has 2 heterocycles. The van der Waals surface area contributed by atoms with Crippen molar-refractivity contribution >= 4 is 29.3 Å². The van der Waals surface area contributed by atoms with E-state index in [0.717, 1.165) is 49.3 Å². The summed E-state index contributed by atoms with van der Waals surface area (Å²) in [5, 5.41) is 9.79. The fraction of sp³-hybridized carbons (Fsp3) is 0.500. The molecule has 1 fully saturated rings. The molecule has 1 atom stereocenters. The van der Waals surface area contributed by atoms with Gasteiger partial charge in [-0.1, -0.05) is 30.3 Å². The number of carbonyl (C=O) groups excluding carboxylic acids is 1. The second-order valence-electron chi connectivity index (χ2n) is 6.39. The summed E-state index contributed by atoms with van der Waals surface area (Å²) in [5.74, 6) is 0.933. The minimum atomic E-state index is -0.191. The maximum Gasteiger partial charge on any atom is 0.235 e. The Hall–Kier alpha value is -1.57. The smallest absolute Gasteiger partial charge is 0.235 e. The van der Waals surface area contributed by atoms with Crippen molar-refractivity contribution in [2.24, 2.45) is 7.05 Å². The summed E-state index contributed by atoms with van der Waals surface area (Å²) in [4.78, 5) is 17.1. The second-order valence-corrected chi connectivity index (χ2v) is 8.14. The Morgan fingerprint density at radius 3 is 2.46 bits per heavy atom. The summed E-state index contributed by atoms with van der Waals surface area (Å²) in [6.45, 7) is 8.63. The molecule has 1 aliphatic heterocycles. The largest absolute Gasteiger partial charge is 0.339 e. The first-order chi connectivity index (χ1) is 12.5. The number of piperazine rings is 1. The minimum absolute atomic E-state index is 0.168. The summed E-state index contributed by atoms with van der Waals surface area (Å²) >= 11 is 7.40. The molecule has 1 aromatic heterocycles. The van der Waals surface area contributed by atoms with E-state index in [0.29, 0.717) is 5.02 Å². The van der Waals surface area contributed by atoms with Gasteiger partial charge in [0.25, 0.3) is 0 Å². The van der Waals surface area contributed by atoms with Crippen LogP contribution in [0.2, 0.25) is 5.02 Å². The Morgan fingerprint density at radius 1 is 1.19 bits per heavy atom. The van der Waals surface area contributed by atoms with E-state index in [-0.39, 0.29) is 11.2 Å². The van der Waals surface area contributed by atoms with Gasteiger partial charge in [-0.15, -0.1) is 10.2 Å². The number of thioether (sulfide) groups is 1. The van der Waals surface area contributed by atoms with Crippen molar-refractivity contribution in [1.29, 1.82) is 0 Å². The predicted molar refractivity (Wildman–Crippen MR) is 105 cm³/mol. The van der Waals surface area contributed by atoms with Crippen molar-refractivity contribution in [2.45, 2.75) is 24.3 Å². The van der Waals surface area contributed by atoms with E-state index in [9.17, 15) is 4.79 Å². The highest BCUT2D eigenvalue weighted by molar-refractivity contribution is 8.00. The van der Waals surface area contributed by atoms with Gasteiger partial charge in [0.1, 0.15) is 0 Å². The van der Waals surface area contributed by atoms with Gasteiger partial charge in [-0.05, 0) is 37.7 Å². The Labute approximate surface area is 163 Å². The van der Waals surface area contributed by atoms with Crippen molar-refractivity contribution < 1.29 is 4.79 Å². The van der Waals surface area contributed by atoms with Crippen LogP contribution in [-0.4, -0.2) is 68.4 Å². The number of aromatic nitrogens is 3. The average Bonchev–Trinajstić information content (AvgIpc) is 3.02. The van der Waals surface area contributed by atoms with Gasteiger partial charge in [0.2, 0.25) is 5.91 Å². The van der Waals surface area contributed by atoms with Crippen LogP contribution in [-0.2, 0) is 11.8 Å². The van der Waals surface area contributed by atoms with E-state index < -0.39 is 0 Å². The van der Waals surface area contributed by atoms with Gasteiger partial charge >= 0.3 is 0 Å². The maximum atomic E-state index is 12.7. The third-order valence-electron chi connectivity index (χ3n) is 4.70. The fourth-order valence-electron chi connectivity index (χ4n) is 3.02. The number of carbonyl (C=O) groups is 1. The molecule has 26 heavy (non-hydrogen) atoms. The molecule has 0 radical (unpaired) electrons. The zero-order valence-electron chi connectivity index (χ0n) is 15.4. The molecule has 8 heteroatoms. The zero-order chi connectivity index (χ0) is 18.7. The number of rotatable bonds is 5. The van der Waals surface area contributed by atoms with Crippen molar-refractivity contribution in [3.63, 3.8) is 0 Å². The Balaban J connectivity index is 1.65. The molecule has 1 aliphatic rings. The molecule has 1 saturated heterocycles. The SMILES string of the molecule is CCN1CCN(C(=O)[C@@H](C)Sc2nnc(-c3ccc(Cl)cc3)n2C)CC1. The highest BCUT2D eigenvalue weighted by Gasteiger charge is 2.26. The number of amides is 1. The standard InChI is InChI=1S/C18H24ClN5OS/c1-4-23-9-11-24(12-10-23)17(25)13(2)26-18-21-20-16(22(18)3)14-5-7-15(19)8-6-14/h5-8,13H,4,9-12H2,1-3H3/t13-/m1/s1. The van der Waals surface area contributed by atoms with Gasteiger partial charge in [-0.3, -0.25) is 4.79 Å². The molecule has 2 aromatic rings. The molecule has 6 nitrogen and oxygen atoms in total. The number of benzene rings is 1. The number of hydrogen-bond donors (Lipinski definition) is 0. The lowest BCUT2D eigenvalue weighted by atomic mass is 10.2. The summed E-state index contributed by atoms with van der Waals surface area (Å²) in [5.41, 5.74) is 0.950. The molecule has 0 bridgehead atoms. The van der Waals surface area contributed by atoms with Gasteiger partial charge in [-0.25, -0.2) is 0 Å². The average molecular weight is 394 g/mol. The van der Waals surface area contributed by atoms with Gasteiger partial charge in [0.15, 0.2) is 11.0 Å². The van der Waals surface area contributed by atoms with Crippen LogP contribution in [0.3, 0.4) is 0 Å². The third kappa shape index (κ3) is 4.22. The first kappa shape index (κ1) is 19.2. The fourth-order valence-corrected chi connectivity index (χ4v) is 4.04. The molecule has 3 rings (SSSR count). The van der Waals surface area contributed by atoms with Crippen LogP contribution in [0.25, 0.3) is 11.4 Å². The number of halogens is 1. The summed E-state index contributed by atoms with van der Waals surface area (Å²) in [6.07, 6.45) is 0. The quantitative estimate of drug-likeness (QED) is 0.731. The molecule has 0 aliphatic carbocycles. The molecule has 0 spiro atoms. The first-order valence-corrected chi connectivity index (χ1v) is 10.1. The Bertz CT molecular complexity index is 755. The van der Waals surface area contributed by atoms with Crippen LogP contribution in [0.1, 0.15) is 13.8 Å². The Morgan fingerprint density at radius 2 is 1.85 bits per heavy atom. The van der Waals surface area contributed by atoms with E-state index in [2.05, 4.69) is 22.0 Å². The van der Waals surface area contributed by atoms with Crippen molar-refractivity contribution in [1.82, 2.24) is 24.6 Å². The van der Waals surface area contributed by atoms with E-state index in [4.69, 9.17) is 11.6 Å². The van der Waals surface area contributed by atoms with Crippen molar-refractivity contribution in [2.75, 3.05) is 32.7 Å². The number of likely N-dealkylation sites (N-methyl/N-ethyl adjacent to an activating group) is 1. The van der Waals surface area contributed by atoms with Crippen LogP contribution in [0.4, 0.5) is 0 Å². The van der Waals surface area contributed by atoms with Crippen LogP contribution in [0.15, 0.2) is 29.4 Å². The minimum Gasteiger partial charge on any atom is -0.339 e. The summed E-state index contributed by atoms with van der Waals surface area (Å²) < 4.78 is 1.92.